The van der Waals surface area contributed by atoms with E-state index in [9.17, 15) is 0 Å². The summed E-state index contributed by atoms with van der Waals surface area (Å²) < 4.78 is 4.97. The van der Waals surface area contributed by atoms with Crippen molar-refractivity contribution in [3.63, 3.8) is 0 Å². The Bertz CT molecular complexity index is 317. The van der Waals surface area contributed by atoms with E-state index in [1.807, 2.05) is 12.4 Å². The first-order valence-electron chi connectivity index (χ1n) is 6.06. The number of methoxy groups -OCH3 is 1. The Morgan fingerprint density at radius 1 is 1.41 bits per heavy atom. The van der Waals surface area contributed by atoms with Crippen LogP contribution in [0, 0.1) is 6.92 Å². The number of rotatable bonds is 8. The predicted molar refractivity (Wildman–Crippen MR) is 70.0 cm³/mol. The highest BCUT2D eigenvalue weighted by atomic mass is 16.5. The molecule has 0 radical (unpaired) electrons. The second kappa shape index (κ2) is 8.17. The van der Waals surface area contributed by atoms with Crippen molar-refractivity contribution in [1.82, 2.24) is 15.6 Å². The van der Waals surface area contributed by atoms with Gasteiger partial charge >= 0.3 is 0 Å². The fourth-order valence-corrected chi connectivity index (χ4v) is 1.57. The van der Waals surface area contributed by atoms with E-state index < -0.39 is 0 Å². The van der Waals surface area contributed by atoms with E-state index in [2.05, 4.69) is 35.5 Å². The van der Waals surface area contributed by atoms with Gasteiger partial charge in [-0.3, -0.25) is 4.98 Å². The van der Waals surface area contributed by atoms with Crippen molar-refractivity contribution < 1.29 is 4.74 Å². The average molecular weight is 237 g/mol. The summed E-state index contributed by atoms with van der Waals surface area (Å²) in [5.41, 5.74) is 2.43. The van der Waals surface area contributed by atoms with E-state index in [1.165, 1.54) is 11.1 Å². The molecule has 0 bridgehead atoms. The maximum atomic E-state index is 4.97. The molecule has 1 aromatic heterocycles. The number of pyridine rings is 1. The molecule has 0 aliphatic rings. The van der Waals surface area contributed by atoms with Crippen molar-refractivity contribution in [1.29, 1.82) is 0 Å². The lowest BCUT2D eigenvalue weighted by molar-refractivity contribution is 0.198. The van der Waals surface area contributed by atoms with Crippen LogP contribution >= 0.6 is 0 Å². The number of hydrogen-bond acceptors (Lipinski definition) is 4. The largest absolute Gasteiger partial charge is 0.383 e. The molecule has 96 valence electrons. The lowest BCUT2D eigenvalue weighted by Crippen LogP contribution is -2.37. The highest BCUT2D eigenvalue weighted by molar-refractivity contribution is 5.16. The summed E-state index contributed by atoms with van der Waals surface area (Å²) in [4.78, 5) is 4.18. The summed E-state index contributed by atoms with van der Waals surface area (Å²) in [5.74, 6) is 0. The number of nitrogens with zero attached hydrogens (tertiary/aromatic N) is 1. The molecule has 1 atom stereocenters. The molecule has 0 saturated carbocycles. The molecule has 17 heavy (non-hydrogen) atoms. The molecule has 4 heteroatoms. The van der Waals surface area contributed by atoms with Gasteiger partial charge in [0, 0.05) is 45.2 Å². The summed E-state index contributed by atoms with van der Waals surface area (Å²) in [6, 6.07) is 2.60. The summed E-state index contributed by atoms with van der Waals surface area (Å²) in [7, 11) is 1.72. The van der Waals surface area contributed by atoms with Crippen LogP contribution in [-0.2, 0) is 11.3 Å². The van der Waals surface area contributed by atoms with Crippen LogP contribution in [0.5, 0.6) is 0 Å². The highest BCUT2D eigenvalue weighted by Gasteiger charge is 2.01. The van der Waals surface area contributed by atoms with Crippen molar-refractivity contribution in [2.75, 3.05) is 26.8 Å². The summed E-state index contributed by atoms with van der Waals surface area (Å²) >= 11 is 0. The molecule has 0 aliphatic carbocycles. The molecule has 0 aliphatic heterocycles. The quantitative estimate of drug-likeness (QED) is 0.665. The van der Waals surface area contributed by atoms with Crippen LogP contribution in [0.3, 0.4) is 0 Å². The van der Waals surface area contributed by atoms with E-state index in [0.29, 0.717) is 6.04 Å². The Morgan fingerprint density at radius 2 is 2.24 bits per heavy atom. The Kier molecular flexibility index (Phi) is 6.77. The standard InChI is InChI=1S/C13H23N3O/c1-11-6-13(9-15-7-11)10-16-12(2)8-14-4-5-17-3/h6-7,9,12,14,16H,4-5,8,10H2,1-3H3. The Labute approximate surface area is 104 Å². The molecule has 0 amide bonds. The summed E-state index contributed by atoms with van der Waals surface area (Å²) in [6.45, 7) is 7.70. The minimum absolute atomic E-state index is 0.437. The fraction of sp³-hybridized carbons (Fsp3) is 0.615. The van der Waals surface area contributed by atoms with Gasteiger partial charge < -0.3 is 15.4 Å². The average Bonchev–Trinajstić information content (AvgIpc) is 2.32. The monoisotopic (exact) mass is 237 g/mol. The molecule has 1 unspecified atom stereocenters. The van der Waals surface area contributed by atoms with Gasteiger partial charge in [0.15, 0.2) is 0 Å². The van der Waals surface area contributed by atoms with E-state index in [4.69, 9.17) is 4.74 Å². The van der Waals surface area contributed by atoms with Gasteiger partial charge in [-0.2, -0.15) is 0 Å². The lowest BCUT2D eigenvalue weighted by atomic mass is 10.2. The molecule has 1 aromatic rings. The molecule has 1 heterocycles. The predicted octanol–water partition coefficient (Wildman–Crippen LogP) is 1.10. The highest BCUT2D eigenvalue weighted by Crippen LogP contribution is 2.00. The first-order chi connectivity index (χ1) is 8.22. The van der Waals surface area contributed by atoms with Crippen molar-refractivity contribution in [2.24, 2.45) is 0 Å². The van der Waals surface area contributed by atoms with Gasteiger partial charge in [0.25, 0.3) is 0 Å². The van der Waals surface area contributed by atoms with Crippen LogP contribution in [0.25, 0.3) is 0 Å². The maximum Gasteiger partial charge on any atom is 0.0587 e. The van der Waals surface area contributed by atoms with E-state index in [0.717, 1.165) is 26.2 Å². The Hall–Kier alpha value is -0.970. The second-order valence-corrected chi connectivity index (χ2v) is 4.35. The number of nitrogens with one attached hydrogen (secondary N) is 2. The molecular formula is C13H23N3O. The molecule has 0 spiro atoms. The zero-order valence-electron chi connectivity index (χ0n) is 11.0. The summed E-state index contributed by atoms with van der Waals surface area (Å²) in [6.07, 6.45) is 3.78. The van der Waals surface area contributed by atoms with Crippen LogP contribution in [0.4, 0.5) is 0 Å². The Morgan fingerprint density at radius 3 is 2.94 bits per heavy atom. The van der Waals surface area contributed by atoms with E-state index in [1.54, 1.807) is 7.11 Å². The third-order valence-corrected chi connectivity index (χ3v) is 2.52. The SMILES string of the molecule is COCCNCC(C)NCc1cncc(C)c1. The lowest BCUT2D eigenvalue weighted by Gasteiger charge is -2.14. The zero-order valence-corrected chi connectivity index (χ0v) is 11.0. The van der Waals surface area contributed by atoms with Crippen LogP contribution in [0.2, 0.25) is 0 Å². The molecule has 0 aromatic carbocycles. The van der Waals surface area contributed by atoms with Gasteiger partial charge in [-0.25, -0.2) is 0 Å². The molecule has 4 nitrogen and oxygen atoms in total. The van der Waals surface area contributed by atoms with Gasteiger partial charge in [-0.05, 0) is 25.0 Å². The first-order valence-corrected chi connectivity index (χ1v) is 6.06. The van der Waals surface area contributed by atoms with Gasteiger partial charge in [0.05, 0.1) is 6.61 Å². The van der Waals surface area contributed by atoms with Crippen LogP contribution < -0.4 is 10.6 Å². The second-order valence-electron chi connectivity index (χ2n) is 4.35. The number of ether oxygens (including phenoxy) is 1. The Balaban J connectivity index is 2.17. The molecule has 0 fully saturated rings. The van der Waals surface area contributed by atoms with Gasteiger partial charge in [-0.1, -0.05) is 6.07 Å². The number of hydrogen-bond donors (Lipinski definition) is 2. The fourth-order valence-electron chi connectivity index (χ4n) is 1.57. The molecular weight excluding hydrogens is 214 g/mol. The van der Waals surface area contributed by atoms with Crippen molar-refractivity contribution in [3.05, 3.63) is 29.6 Å². The molecule has 0 saturated heterocycles. The van der Waals surface area contributed by atoms with E-state index >= 15 is 0 Å². The number of aromatic nitrogens is 1. The van der Waals surface area contributed by atoms with Crippen molar-refractivity contribution >= 4 is 0 Å². The number of aryl methyl sites for hydroxylation is 1. The minimum atomic E-state index is 0.437. The zero-order chi connectivity index (χ0) is 12.5. The third kappa shape index (κ3) is 6.36. The minimum Gasteiger partial charge on any atom is -0.383 e. The van der Waals surface area contributed by atoms with Crippen LogP contribution in [0.15, 0.2) is 18.5 Å². The van der Waals surface area contributed by atoms with Gasteiger partial charge in [-0.15, -0.1) is 0 Å². The van der Waals surface area contributed by atoms with Crippen LogP contribution in [0.1, 0.15) is 18.1 Å². The normalized spacial score (nSPS) is 12.6. The molecule has 2 N–H and O–H groups in total. The first kappa shape index (κ1) is 14.1. The topological polar surface area (TPSA) is 46.2 Å². The molecule has 1 rings (SSSR count). The van der Waals surface area contributed by atoms with Gasteiger partial charge in [0.2, 0.25) is 0 Å². The summed E-state index contributed by atoms with van der Waals surface area (Å²) in [5, 5.41) is 6.79. The smallest absolute Gasteiger partial charge is 0.0587 e. The maximum absolute atomic E-state index is 4.97. The van der Waals surface area contributed by atoms with Crippen molar-refractivity contribution in [2.45, 2.75) is 26.4 Å². The van der Waals surface area contributed by atoms with Crippen LogP contribution in [-0.4, -0.2) is 37.8 Å². The third-order valence-electron chi connectivity index (χ3n) is 2.52. The van der Waals surface area contributed by atoms with E-state index in [-0.39, 0.29) is 0 Å². The van der Waals surface area contributed by atoms with Crippen molar-refractivity contribution in [3.8, 4) is 0 Å². The van der Waals surface area contributed by atoms with Gasteiger partial charge in [0.1, 0.15) is 0 Å².